The number of nitrogens with zero attached hydrogens (tertiary/aromatic N) is 3. The fraction of sp³-hybridized carbons (Fsp3) is 0.312. The molecule has 1 aliphatic carbocycles. The summed E-state index contributed by atoms with van der Waals surface area (Å²) in [7, 11) is -4.12. The van der Waals surface area contributed by atoms with E-state index in [2.05, 4.69) is 9.71 Å². The average molecular weight is 396 g/mol. The monoisotopic (exact) mass is 396 g/mol. The Morgan fingerprint density at radius 1 is 1.19 bits per heavy atom. The van der Waals surface area contributed by atoms with Crippen LogP contribution in [-0.4, -0.2) is 50.4 Å². The second-order valence-electron chi connectivity index (χ2n) is 6.24. The summed E-state index contributed by atoms with van der Waals surface area (Å²) < 4.78 is 52.4. The van der Waals surface area contributed by atoms with Crippen LogP contribution in [0.5, 0.6) is 0 Å². The molecule has 3 rings (SSSR count). The molecule has 2 aromatic rings. The molecule has 0 spiro atoms. The molecule has 1 aromatic carbocycles. The van der Waals surface area contributed by atoms with E-state index in [4.69, 9.17) is 0 Å². The van der Waals surface area contributed by atoms with Gasteiger partial charge in [-0.2, -0.15) is 12.7 Å². The Morgan fingerprint density at radius 2 is 1.92 bits per heavy atom. The second kappa shape index (κ2) is 6.53. The Labute approximate surface area is 153 Å². The van der Waals surface area contributed by atoms with Gasteiger partial charge in [0, 0.05) is 25.9 Å². The molecule has 10 heteroatoms. The molecule has 1 heterocycles. The quantitative estimate of drug-likeness (QED) is 0.821. The largest absolute Gasteiger partial charge is 0.308 e. The lowest BCUT2D eigenvalue weighted by atomic mass is 9.88. The van der Waals surface area contributed by atoms with Crippen LogP contribution in [-0.2, 0) is 26.7 Å². The van der Waals surface area contributed by atoms with Gasteiger partial charge >= 0.3 is 10.2 Å². The lowest BCUT2D eigenvalue weighted by Crippen LogP contribution is -2.27. The van der Waals surface area contributed by atoms with Crippen LogP contribution in [0.2, 0.25) is 0 Å². The van der Waals surface area contributed by atoms with E-state index in [0.29, 0.717) is 24.2 Å². The van der Waals surface area contributed by atoms with E-state index >= 15 is 0 Å². The van der Waals surface area contributed by atoms with E-state index in [1.807, 2.05) is 12.1 Å². The summed E-state index contributed by atoms with van der Waals surface area (Å²) in [5, 5.41) is 0. The minimum absolute atomic E-state index is 0.521. The van der Waals surface area contributed by atoms with E-state index < -0.39 is 20.2 Å². The first-order chi connectivity index (χ1) is 12.1. The Morgan fingerprint density at radius 3 is 2.58 bits per heavy atom. The molecular formula is C16H20N4O4S2. The predicted octanol–water partition coefficient (Wildman–Crippen LogP) is 1.29. The number of benzene rings is 1. The van der Waals surface area contributed by atoms with Gasteiger partial charge in [0.2, 0.25) is 10.0 Å². The minimum Gasteiger partial charge on any atom is -0.283 e. The normalized spacial score (nSPS) is 14.8. The molecule has 1 N–H and O–H groups in total. The highest BCUT2D eigenvalue weighted by atomic mass is 32.2. The van der Waals surface area contributed by atoms with Crippen LogP contribution in [0.15, 0.2) is 36.8 Å². The Balaban J connectivity index is 2.05. The number of hydrogen-bond donors (Lipinski definition) is 1. The molecule has 0 aliphatic heterocycles. The standard InChI is InChI=1S/C16H20N4O4S2/c1-19(2)26(23,24)20-10-16(17-11-20)14-8-4-7-13-12(14)6-5-9-15(13)18-25(3,21)22/h5-6,8-11,18H,4,7H2,1-3H3. The summed E-state index contributed by atoms with van der Waals surface area (Å²) in [5.41, 5.74) is 3.57. The third-order valence-electron chi connectivity index (χ3n) is 4.07. The zero-order valence-corrected chi connectivity index (χ0v) is 16.3. The number of sulfonamides is 1. The molecule has 0 atom stereocenters. The average Bonchev–Trinajstić information content (AvgIpc) is 3.03. The molecular weight excluding hydrogens is 376 g/mol. The Kier molecular flexibility index (Phi) is 4.67. The molecule has 0 saturated carbocycles. The molecule has 0 bridgehead atoms. The fourth-order valence-corrected chi connectivity index (χ4v) is 4.24. The van der Waals surface area contributed by atoms with Crippen molar-refractivity contribution in [1.82, 2.24) is 13.3 Å². The third kappa shape index (κ3) is 3.53. The van der Waals surface area contributed by atoms with Crippen molar-refractivity contribution in [3.8, 4) is 0 Å². The first-order valence-electron chi connectivity index (χ1n) is 7.87. The maximum Gasteiger partial charge on any atom is 0.308 e. The molecule has 8 nitrogen and oxygen atoms in total. The van der Waals surface area contributed by atoms with Crippen molar-refractivity contribution >= 4 is 31.5 Å². The van der Waals surface area contributed by atoms with Crippen molar-refractivity contribution in [1.29, 1.82) is 0 Å². The van der Waals surface area contributed by atoms with Crippen molar-refractivity contribution in [2.75, 3.05) is 25.1 Å². The smallest absolute Gasteiger partial charge is 0.283 e. The number of allylic oxidation sites excluding steroid dienone is 1. The lowest BCUT2D eigenvalue weighted by molar-refractivity contribution is 0.510. The van der Waals surface area contributed by atoms with E-state index in [1.165, 1.54) is 26.6 Å². The molecule has 0 unspecified atom stereocenters. The number of fused-ring (bicyclic) bond motifs is 1. The van der Waals surface area contributed by atoms with Crippen LogP contribution in [0, 0.1) is 0 Å². The zero-order valence-electron chi connectivity index (χ0n) is 14.7. The Bertz CT molecular complexity index is 1080. The van der Waals surface area contributed by atoms with Gasteiger partial charge in [0.1, 0.15) is 6.33 Å². The summed E-state index contributed by atoms with van der Waals surface area (Å²) in [4.78, 5) is 4.24. The van der Waals surface area contributed by atoms with Gasteiger partial charge in [-0.3, -0.25) is 4.72 Å². The van der Waals surface area contributed by atoms with E-state index in [1.54, 1.807) is 12.1 Å². The molecule has 0 saturated heterocycles. The van der Waals surface area contributed by atoms with Gasteiger partial charge in [-0.25, -0.2) is 17.4 Å². The number of aromatic nitrogens is 2. The molecule has 0 radical (unpaired) electrons. The summed E-state index contributed by atoms with van der Waals surface area (Å²) in [5.74, 6) is 0. The number of hydrogen-bond acceptors (Lipinski definition) is 5. The lowest BCUT2D eigenvalue weighted by Gasteiger charge is -2.20. The SMILES string of the molecule is CN(C)S(=O)(=O)n1cnc(C2=CCCc3c(NS(C)(=O)=O)cccc32)c1. The van der Waals surface area contributed by atoms with Crippen LogP contribution in [0.4, 0.5) is 5.69 Å². The highest BCUT2D eigenvalue weighted by Crippen LogP contribution is 2.35. The molecule has 1 aliphatic rings. The molecule has 140 valence electrons. The summed E-state index contributed by atoms with van der Waals surface area (Å²) in [6, 6.07) is 5.37. The van der Waals surface area contributed by atoms with Crippen molar-refractivity contribution in [2.24, 2.45) is 0 Å². The van der Waals surface area contributed by atoms with Crippen LogP contribution >= 0.6 is 0 Å². The first-order valence-corrected chi connectivity index (χ1v) is 11.2. The van der Waals surface area contributed by atoms with Crippen LogP contribution < -0.4 is 4.72 Å². The summed E-state index contributed by atoms with van der Waals surface area (Å²) >= 11 is 0. The van der Waals surface area contributed by atoms with Crippen LogP contribution in [0.25, 0.3) is 5.57 Å². The van der Waals surface area contributed by atoms with Crippen LogP contribution in [0.1, 0.15) is 23.2 Å². The van der Waals surface area contributed by atoms with E-state index in [0.717, 1.165) is 31.2 Å². The summed E-state index contributed by atoms with van der Waals surface area (Å²) in [6.07, 6.45) is 7.22. The predicted molar refractivity (Wildman–Crippen MR) is 101 cm³/mol. The Hall–Kier alpha value is -2.17. The number of nitrogens with one attached hydrogen (secondary N) is 1. The zero-order chi connectivity index (χ0) is 19.1. The van der Waals surface area contributed by atoms with Crippen molar-refractivity contribution in [3.05, 3.63) is 53.6 Å². The van der Waals surface area contributed by atoms with E-state index in [-0.39, 0.29) is 0 Å². The summed E-state index contributed by atoms with van der Waals surface area (Å²) in [6.45, 7) is 0. The second-order valence-corrected chi connectivity index (χ2v) is 10.0. The highest BCUT2D eigenvalue weighted by Gasteiger charge is 2.22. The van der Waals surface area contributed by atoms with Gasteiger partial charge in [-0.05, 0) is 30.0 Å². The van der Waals surface area contributed by atoms with Gasteiger partial charge in [0.15, 0.2) is 0 Å². The van der Waals surface area contributed by atoms with E-state index in [9.17, 15) is 16.8 Å². The minimum atomic E-state index is -3.64. The van der Waals surface area contributed by atoms with Crippen molar-refractivity contribution < 1.29 is 16.8 Å². The van der Waals surface area contributed by atoms with Gasteiger partial charge in [0.25, 0.3) is 0 Å². The maximum absolute atomic E-state index is 12.2. The fourth-order valence-electron chi connectivity index (χ4n) is 2.88. The molecule has 1 aromatic heterocycles. The highest BCUT2D eigenvalue weighted by molar-refractivity contribution is 7.92. The first kappa shape index (κ1) is 18.6. The maximum atomic E-state index is 12.2. The molecule has 0 amide bonds. The van der Waals surface area contributed by atoms with Gasteiger partial charge < -0.3 is 0 Å². The number of rotatable bonds is 5. The number of anilines is 1. The topological polar surface area (TPSA) is 101 Å². The van der Waals surface area contributed by atoms with Crippen molar-refractivity contribution in [3.63, 3.8) is 0 Å². The molecule has 0 fully saturated rings. The molecule has 26 heavy (non-hydrogen) atoms. The van der Waals surface area contributed by atoms with Gasteiger partial charge in [-0.15, -0.1) is 0 Å². The number of imidazole rings is 1. The van der Waals surface area contributed by atoms with Gasteiger partial charge in [0.05, 0.1) is 17.6 Å². The van der Waals surface area contributed by atoms with Gasteiger partial charge in [-0.1, -0.05) is 18.2 Å². The third-order valence-corrected chi connectivity index (χ3v) is 6.31. The van der Waals surface area contributed by atoms with Crippen molar-refractivity contribution in [2.45, 2.75) is 12.8 Å². The van der Waals surface area contributed by atoms with Crippen LogP contribution in [0.3, 0.4) is 0 Å².